The Kier molecular flexibility index (Phi) is 4.43. The topological polar surface area (TPSA) is 90.9 Å². The Labute approximate surface area is 163 Å². The molecule has 2 aromatic heterocycles. The molecule has 0 saturated carbocycles. The van der Waals surface area contributed by atoms with Gasteiger partial charge in [-0.25, -0.2) is 9.97 Å². The van der Waals surface area contributed by atoms with Crippen molar-refractivity contribution in [2.75, 3.05) is 31.1 Å². The molecule has 3 aromatic rings. The summed E-state index contributed by atoms with van der Waals surface area (Å²) in [5.74, 6) is 1.53. The normalized spacial score (nSPS) is 14.4. The molecule has 1 saturated heterocycles. The molecule has 0 atom stereocenters. The van der Waals surface area contributed by atoms with Crippen LogP contribution in [0.4, 0.5) is 5.82 Å². The lowest BCUT2D eigenvalue weighted by atomic mass is 10.1. The molecule has 142 valence electrons. The second kappa shape index (κ2) is 6.93. The van der Waals surface area contributed by atoms with Gasteiger partial charge in [-0.2, -0.15) is 10.4 Å². The van der Waals surface area contributed by atoms with Crippen LogP contribution in [0.25, 0.3) is 11.0 Å². The zero-order chi connectivity index (χ0) is 19.8. The van der Waals surface area contributed by atoms with Crippen molar-refractivity contribution in [3.8, 4) is 6.07 Å². The molecular formula is C20H21N7O. The van der Waals surface area contributed by atoms with Crippen LogP contribution in [0.3, 0.4) is 0 Å². The molecule has 8 heteroatoms. The zero-order valence-electron chi connectivity index (χ0n) is 16.2. The van der Waals surface area contributed by atoms with Gasteiger partial charge in [-0.1, -0.05) is 6.07 Å². The van der Waals surface area contributed by atoms with Crippen LogP contribution in [0, 0.1) is 25.2 Å². The second-order valence-corrected chi connectivity index (χ2v) is 6.97. The zero-order valence-corrected chi connectivity index (χ0v) is 16.2. The maximum atomic E-state index is 12.8. The predicted molar refractivity (Wildman–Crippen MR) is 105 cm³/mol. The first-order valence-corrected chi connectivity index (χ1v) is 9.20. The number of amides is 1. The largest absolute Gasteiger partial charge is 0.351 e. The number of aromatic nitrogens is 4. The minimum atomic E-state index is -0.0443. The van der Waals surface area contributed by atoms with Crippen LogP contribution in [0.2, 0.25) is 0 Å². The standard InChI is InChI=1S/C20H21N7O/c1-13-17-18(25(3)24-13)19(23-14(2)22-17)26-7-9-27(10-8-26)20(28)16-6-4-5-15(11-16)12-21/h4-6,11H,7-10H2,1-3H3. The van der Waals surface area contributed by atoms with E-state index < -0.39 is 0 Å². The van der Waals surface area contributed by atoms with Crippen LogP contribution in [0.15, 0.2) is 24.3 Å². The molecule has 1 amide bonds. The van der Waals surface area contributed by atoms with Gasteiger partial charge >= 0.3 is 0 Å². The van der Waals surface area contributed by atoms with Gasteiger partial charge in [0.15, 0.2) is 5.82 Å². The van der Waals surface area contributed by atoms with E-state index in [4.69, 9.17) is 5.26 Å². The first kappa shape index (κ1) is 17.9. The number of hydrogen-bond acceptors (Lipinski definition) is 6. The van der Waals surface area contributed by atoms with Crippen molar-refractivity contribution in [1.82, 2.24) is 24.6 Å². The maximum absolute atomic E-state index is 12.8. The van der Waals surface area contributed by atoms with E-state index in [1.165, 1.54) is 0 Å². The Morgan fingerprint density at radius 2 is 1.89 bits per heavy atom. The van der Waals surface area contributed by atoms with Gasteiger partial charge in [0.2, 0.25) is 0 Å². The summed E-state index contributed by atoms with van der Waals surface area (Å²) in [6.07, 6.45) is 0. The minimum absolute atomic E-state index is 0.0443. The number of fused-ring (bicyclic) bond motifs is 1. The highest BCUT2D eigenvalue weighted by Gasteiger charge is 2.26. The lowest BCUT2D eigenvalue weighted by Gasteiger charge is -2.35. The fourth-order valence-electron chi connectivity index (χ4n) is 3.67. The number of carbonyl (C=O) groups excluding carboxylic acids is 1. The highest BCUT2D eigenvalue weighted by atomic mass is 16.2. The summed E-state index contributed by atoms with van der Waals surface area (Å²) in [4.78, 5) is 26.0. The van der Waals surface area contributed by atoms with E-state index in [1.54, 1.807) is 24.3 Å². The van der Waals surface area contributed by atoms with Gasteiger partial charge in [-0.15, -0.1) is 0 Å². The van der Waals surface area contributed by atoms with Crippen LogP contribution < -0.4 is 4.90 Å². The number of rotatable bonds is 2. The van der Waals surface area contributed by atoms with Crippen LogP contribution in [-0.4, -0.2) is 56.7 Å². The number of anilines is 1. The fraction of sp³-hybridized carbons (Fsp3) is 0.350. The molecular weight excluding hydrogens is 354 g/mol. The quantitative estimate of drug-likeness (QED) is 0.678. The third kappa shape index (κ3) is 3.05. The van der Waals surface area contributed by atoms with Crippen LogP contribution in [0.5, 0.6) is 0 Å². The van der Waals surface area contributed by atoms with Crippen molar-refractivity contribution >= 4 is 22.8 Å². The predicted octanol–water partition coefficient (Wildman–Crippen LogP) is 1.81. The van der Waals surface area contributed by atoms with Crippen molar-refractivity contribution in [3.05, 3.63) is 46.9 Å². The number of nitriles is 1. The molecule has 28 heavy (non-hydrogen) atoms. The SMILES string of the molecule is Cc1nc(N2CCN(C(=O)c3cccc(C#N)c3)CC2)c2c(n1)c(C)nn2C. The van der Waals surface area contributed by atoms with E-state index in [9.17, 15) is 4.79 Å². The molecule has 1 aliphatic rings. The fourth-order valence-corrected chi connectivity index (χ4v) is 3.67. The van der Waals surface area contributed by atoms with Crippen molar-refractivity contribution in [3.63, 3.8) is 0 Å². The summed E-state index contributed by atoms with van der Waals surface area (Å²) < 4.78 is 1.82. The molecule has 0 spiro atoms. The van der Waals surface area contributed by atoms with E-state index >= 15 is 0 Å². The summed E-state index contributed by atoms with van der Waals surface area (Å²) >= 11 is 0. The summed E-state index contributed by atoms with van der Waals surface area (Å²) in [7, 11) is 1.90. The number of hydrogen-bond donors (Lipinski definition) is 0. The maximum Gasteiger partial charge on any atom is 0.254 e. The van der Waals surface area contributed by atoms with Crippen LogP contribution in [-0.2, 0) is 7.05 Å². The Morgan fingerprint density at radius 1 is 1.14 bits per heavy atom. The smallest absolute Gasteiger partial charge is 0.254 e. The molecule has 0 aliphatic carbocycles. The highest BCUT2D eigenvalue weighted by Crippen LogP contribution is 2.26. The van der Waals surface area contributed by atoms with Gasteiger partial charge in [0, 0.05) is 38.8 Å². The Balaban J connectivity index is 1.56. The van der Waals surface area contributed by atoms with Gasteiger partial charge in [0.05, 0.1) is 17.3 Å². The van der Waals surface area contributed by atoms with Crippen LogP contribution in [0.1, 0.15) is 27.4 Å². The van der Waals surface area contributed by atoms with Crippen LogP contribution >= 0.6 is 0 Å². The average Bonchev–Trinajstić information content (AvgIpc) is 3.00. The molecule has 1 aromatic carbocycles. The first-order valence-electron chi connectivity index (χ1n) is 9.20. The molecule has 8 nitrogen and oxygen atoms in total. The number of aryl methyl sites for hydroxylation is 3. The number of benzene rings is 1. The van der Waals surface area contributed by atoms with Crippen molar-refractivity contribution < 1.29 is 4.79 Å². The van der Waals surface area contributed by atoms with Crippen molar-refractivity contribution in [1.29, 1.82) is 5.26 Å². The Hall–Kier alpha value is -3.47. The number of carbonyl (C=O) groups is 1. The average molecular weight is 375 g/mol. The molecule has 0 unspecified atom stereocenters. The first-order chi connectivity index (χ1) is 13.5. The Morgan fingerprint density at radius 3 is 2.61 bits per heavy atom. The summed E-state index contributed by atoms with van der Waals surface area (Å²) in [6, 6.07) is 8.93. The molecule has 1 aliphatic heterocycles. The lowest BCUT2D eigenvalue weighted by molar-refractivity contribution is 0.0746. The summed E-state index contributed by atoms with van der Waals surface area (Å²) in [6.45, 7) is 6.38. The molecule has 0 N–H and O–H groups in total. The molecule has 4 rings (SSSR count). The minimum Gasteiger partial charge on any atom is -0.351 e. The van der Waals surface area contributed by atoms with Crippen molar-refractivity contribution in [2.24, 2.45) is 7.05 Å². The van der Waals surface area contributed by atoms with Crippen molar-refractivity contribution in [2.45, 2.75) is 13.8 Å². The monoisotopic (exact) mass is 375 g/mol. The summed E-state index contributed by atoms with van der Waals surface area (Å²) in [5.41, 5.74) is 3.72. The van der Waals surface area contributed by atoms with Gasteiger partial charge in [-0.05, 0) is 32.0 Å². The third-order valence-corrected chi connectivity index (χ3v) is 5.05. The van der Waals surface area contributed by atoms with E-state index in [0.717, 1.165) is 22.5 Å². The lowest BCUT2D eigenvalue weighted by Crippen LogP contribution is -2.49. The molecule has 0 bridgehead atoms. The second-order valence-electron chi connectivity index (χ2n) is 6.97. The van der Waals surface area contributed by atoms with Gasteiger partial charge in [-0.3, -0.25) is 9.48 Å². The highest BCUT2D eigenvalue weighted by molar-refractivity contribution is 5.95. The number of nitrogens with zero attached hydrogens (tertiary/aromatic N) is 7. The summed E-state index contributed by atoms with van der Waals surface area (Å²) in [5, 5.41) is 13.5. The number of piperazine rings is 1. The Bertz CT molecular complexity index is 1100. The van der Waals surface area contributed by atoms with Gasteiger partial charge < -0.3 is 9.80 Å². The van der Waals surface area contributed by atoms with E-state index in [1.807, 2.05) is 30.5 Å². The third-order valence-electron chi connectivity index (χ3n) is 5.05. The van der Waals surface area contributed by atoms with Gasteiger partial charge in [0.1, 0.15) is 16.9 Å². The molecule has 3 heterocycles. The molecule has 0 radical (unpaired) electrons. The van der Waals surface area contributed by atoms with E-state index in [0.29, 0.717) is 43.1 Å². The van der Waals surface area contributed by atoms with E-state index in [2.05, 4.69) is 26.0 Å². The molecule has 1 fully saturated rings. The van der Waals surface area contributed by atoms with E-state index in [-0.39, 0.29) is 5.91 Å². The van der Waals surface area contributed by atoms with Gasteiger partial charge in [0.25, 0.3) is 5.91 Å².